The number of unbranched alkanes of at least 4 members (excludes halogenated alkanes) is 7. The van der Waals surface area contributed by atoms with Crippen LogP contribution in [0.3, 0.4) is 0 Å². The Balaban J connectivity index is 1.80. The smallest absolute Gasteiger partial charge is 0.138 e. The maximum atomic E-state index is 11.8. The van der Waals surface area contributed by atoms with Crippen LogP contribution in [0.25, 0.3) is 0 Å². The van der Waals surface area contributed by atoms with Crippen LogP contribution in [0.5, 0.6) is 0 Å². The summed E-state index contributed by atoms with van der Waals surface area (Å²) in [5.74, 6) is 2.62. The summed E-state index contributed by atoms with van der Waals surface area (Å²) in [4.78, 5) is 11.8. The number of carbonyl (C=O) groups is 1. The first-order valence-corrected chi connectivity index (χ1v) is 9.98. The summed E-state index contributed by atoms with van der Waals surface area (Å²) in [6, 6.07) is 0. The van der Waals surface area contributed by atoms with Gasteiger partial charge in [0.25, 0.3) is 0 Å². The van der Waals surface area contributed by atoms with Gasteiger partial charge < -0.3 is 0 Å². The Hall–Kier alpha value is -0.330. The van der Waals surface area contributed by atoms with Gasteiger partial charge in [0.05, 0.1) is 0 Å². The molecule has 1 aliphatic rings. The lowest BCUT2D eigenvalue weighted by molar-refractivity contribution is -0.126. The SMILES string of the molecule is CCCCC1CC1CCCCCCCCCC(=O)C(C)(C)C. The van der Waals surface area contributed by atoms with Gasteiger partial charge in [0.2, 0.25) is 0 Å². The third-order valence-electron chi connectivity index (χ3n) is 5.31. The summed E-state index contributed by atoms with van der Waals surface area (Å²) in [6.45, 7) is 8.39. The van der Waals surface area contributed by atoms with Crippen LogP contribution in [0.15, 0.2) is 0 Å². The van der Waals surface area contributed by atoms with Crippen LogP contribution in [0.2, 0.25) is 0 Å². The average molecular weight is 309 g/mol. The normalized spacial score (nSPS) is 21.1. The number of Topliss-reactive ketones (excluding diaryl/α,β-unsaturated/α-hetero) is 1. The van der Waals surface area contributed by atoms with Crippen LogP contribution < -0.4 is 0 Å². The lowest BCUT2D eigenvalue weighted by atomic mass is 9.88. The van der Waals surface area contributed by atoms with Crippen molar-refractivity contribution in [3.8, 4) is 0 Å². The molecule has 0 spiro atoms. The first kappa shape index (κ1) is 19.7. The van der Waals surface area contributed by atoms with Crippen molar-refractivity contribution in [3.05, 3.63) is 0 Å². The second-order valence-corrected chi connectivity index (χ2v) is 8.58. The van der Waals surface area contributed by atoms with Gasteiger partial charge in [-0.15, -0.1) is 0 Å². The van der Waals surface area contributed by atoms with Crippen molar-refractivity contribution in [1.82, 2.24) is 0 Å². The van der Waals surface area contributed by atoms with E-state index in [0.29, 0.717) is 5.78 Å². The Morgan fingerprint density at radius 2 is 1.32 bits per heavy atom. The predicted molar refractivity (Wildman–Crippen MR) is 97.1 cm³/mol. The summed E-state index contributed by atoms with van der Waals surface area (Å²) >= 11 is 0. The first-order chi connectivity index (χ1) is 10.4. The minimum absolute atomic E-state index is 0.141. The van der Waals surface area contributed by atoms with Crippen LogP contribution in [-0.2, 0) is 4.79 Å². The number of ketones is 1. The predicted octanol–water partition coefficient (Wildman–Crippen LogP) is 6.94. The molecule has 0 bridgehead atoms. The summed E-state index contributed by atoms with van der Waals surface area (Å²) in [7, 11) is 0. The monoisotopic (exact) mass is 308 g/mol. The van der Waals surface area contributed by atoms with Crippen molar-refractivity contribution < 1.29 is 4.79 Å². The second-order valence-electron chi connectivity index (χ2n) is 8.58. The Labute approximate surface area is 139 Å². The molecule has 130 valence electrons. The highest BCUT2D eigenvalue weighted by Crippen LogP contribution is 2.45. The van der Waals surface area contributed by atoms with Gasteiger partial charge in [-0.1, -0.05) is 91.9 Å². The molecule has 1 rings (SSSR count). The van der Waals surface area contributed by atoms with Gasteiger partial charge in [-0.3, -0.25) is 4.79 Å². The van der Waals surface area contributed by atoms with E-state index >= 15 is 0 Å². The van der Waals surface area contributed by atoms with E-state index < -0.39 is 0 Å². The van der Waals surface area contributed by atoms with Gasteiger partial charge in [-0.25, -0.2) is 0 Å². The molecule has 0 aliphatic heterocycles. The van der Waals surface area contributed by atoms with E-state index in [4.69, 9.17) is 0 Å². The van der Waals surface area contributed by atoms with E-state index in [2.05, 4.69) is 6.92 Å². The minimum atomic E-state index is -0.141. The van der Waals surface area contributed by atoms with E-state index in [0.717, 1.165) is 24.7 Å². The van der Waals surface area contributed by atoms with Crippen molar-refractivity contribution in [2.24, 2.45) is 17.3 Å². The van der Waals surface area contributed by atoms with Crippen molar-refractivity contribution in [2.45, 2.75) is 111 Å². The molecule has 0 saturated heterocycles. The largest absolute Gasteiger partial charge is 0.299 e. The van der Waals surface area contributed by atoms with Gasteiger partial charge in [0.1, 0.15) is 5.78 Å². The van der Waals surface area contributed by atoms with Crippen molar-refractivity contribution in [2.75, 3.05) is 0 Å². The topological polar surface area (TPSA) is 17.1 Å². The molecule has 0 radical (unpaired) electrons. The molecule has 0 aromatic rings. The van der Waals surface area contributed by atoms with Crippen molar-refractivity contribution in [3.63, 3.8) is 0 Å². The zero-order valence-corrected chi connectivity index (χ0v) is 15.8. The average Bonchev–Trinajstić information content (AvgIpc) is 3.20. The third-order valence-corrected chi connectivity index (χ3v) is 5.31. The summed E-state index contributed by atoms with van der Waals surface area (Å²) in [5, 5.41) is 0. The van der Waals surface area contributed by atoms with Gasteiger partial charge in [0.15, 0.2) is 0 Å². The molecule has 0 heterocycles. The highest BCUT2D eigenvalue weighted by Gasteiger charge is 2.34. The molecule has 1 fully saturated rings. The lowest BCUT2D eigenvalue weighted by Gasteiger charge is -2.16. The molecule has 0 aromatic heterocycles. The fraction of sp³-hybridized carbons (Fsp3) is 0.952. The Kier molecular flexibility index (Phi) is 9.36. The van der Waals surface area contributed by atoms with E-state index in [9.17, 15) is 4.79 Å². The Morgan fingerprint density at radius 3 is 1.86 bits per heavy atom. The van der Waals surface area contributed by atoms with Crippen molar-refractivity contribution >= 4 is 5.78 Å². The van der Waals surface area contributed by atoms with Gasteiger partial charge in [-0.2, -0.15) is 0 Å². The van der Waals surface area contributed by atoms with Crippen LogP contribution in [0.1, 0.15) is 111 Å². The number of rotatable bonds is 13. The van der Waals surface area contributed by atoms with E-state index in [1.807, 2.05) is 20.8 Å². The molecule has 2 unspecified atom stereocenters. The molecule has 1 nitrogen and oxygen atoms in total. The lowest BCUT2D eigenvalue weighted by Crippen LogP contribution is -2.19. The quantitative estimate of drug-likeness (QED) is 0.337. The fourth-order valence-electron chi connectivity index (χ4n) is 3.43. The highest BCUT2D eigenvalue weighted by molar-refractivity contribution is 5.83. The molecule has 2 atom stereocenters. The summed E-state index contributed by atoms with van der Waals surface area (Å²) in [5.41, 5.74) is -0.141. The molecule has 1 aliphatic carbocycles. The first-order valence-electron chi connectivity index (χ1n) is 9.98. The molecule has 0 N–H and O–H groups in total. The van der Waals surface area contributed by atoms with Gasteiger partial charge in [0, 0.05) is 11.8 Å². The molecular formula is C21H40O. The van der Waals surface area contributed by atoms with Gasteiger partial charge in [-0.05, 0) is 24.7 Å². The zero-order chi connectivity index (χ0) is 16.4. The maximum Gasteiger partial charge on any atom is 0.138 e. The molecule has 1 heteroatoms. The van der Waals surface area contributed by atoms with E-state index in [1.165, 1.54) is 70.6 Å². The third kappa shape index (κ3) is 8.96. The van der Waals surface area contributed by atoms with E-state index in [-0.39, 0.29) is 5.41 Å². The fourth-order valence-corrected chi connectivity index (χ4v) is 3.43. The molecule has 0 aromatic carbocycles. The molecule has 0 amide bonds. The molecule has 22 heavy (non-hydrogen) atoms. The Bertz CT molecular complexity index is 300. The van der Waals surface area contributed by atoms with Crippen LogP contribution in [0, 0.1) is 17.3 Å². The maximum absolute atomic E-state index is 11.8. The minimum Gasteiger partial charge on any atom is -0.299 e. The standard InChI is InChI=1S/C21H40O/c1-5-6-14-18-17-19(18)15-12-10-8-7-9-11-13-16-20(22)21(2,3)4/h18-19H,5-17H2,1-4H3. The number of carbonyl (C=O) groups excluding carboxylic acids is 1. The van der Waals surface area contributed by atoms with Crippen molar-refractivity contribution in [1.29, 1.82) is 0 Å². The van der Waals surface area contributed by atoms with Crippen LogP contribution >= 0.6 is 0 Å². The van der Waals surface area contributed by atoms with Crippen LogP contribution in [0.4, 0.5) is 0 Å². The zero-order valence-electron chi connectivity index (χ0n) is 15.8. The summed E-state index contributed by atoms with van der Waals surface area (Å²) in [6.07, 6.45) is 17.4. The van der Waals surface area contributed by atoms with E-state index in [1.54, 1.807) is 0 Å². The Morgan fingerprint density at radius 1 is 0.818 bits per heavy atom. The highest BCUT2D eigenvalue weighted by atomic mass is 16.1. The molecular weight excluding hydrogens is 268 g/mol. The molecule has 1 saturated carbocycles. The number of hydrogen-bond acceptors (Lipinski definition) is 1. The number of hydrogen-bond donors (Lipinski definition) is 0. The second kappa shape index (κ2) is 10.4. The van der Waals surface area contributed by atoms with Crippen LogP contribution in [-0.4, -0.2) is 5.78 Å². The summed E-state index contributed by atoms with van der Waals surface area (Å²) < 4.78 is 0. The van der Waals surface area contributed by atoms with Gasteiger partial charge >= 0.3 is 0 Å².